The topological polar surface area (TPSA) is 37.3 Å². The van der Waals surface area contributed by atoms with Crippen molar-refractivity contribution in [2.45, 2.75) is 39.0 Å². The summed E-state index contributed by atoms with van der Waals surface area (Å²) in [4.78, 5) is 10.5. The first kappa shape index (κ1) is 10.1. The lowest BCUT2D eigenvalue weighted by atomic mass is 9.89. The molecule has 0 aliphatic heterocycles. The number of hydrogen-bond acceptors (Lipinski definition) is 1. The molecule has 1 aliphatic rings. The Labute approximate surface area is 79.3 Å². The molecule has 0 aromatic heterocycles. The minimum absolute atomic E-state index is 0.454. The van der Waals surface area contributed by atoms with Crippen LogP contribution in [0, 0.1) is 23.7 Å². The smallest absolute Gasteiger partial charge is 0.318 e. The highest BCUT2D eigenvalue weighted by Gasteiger charge is 2.11. The summed E-state index contributed by atoms with van der Waals surface area (Å²) in [6.45, 7) is 1.64. The van der Waals surface area contributed by atoms with E-state index in [9.17, 15) is 4.79 Å². The molecule has 1 fully saturated rings. The minimum atomic E-state index is -0.816. The third kappa shape index (κ3) is 3.50. The van der Waals surface area contributed by atoms with Crippen molar-refractivity contribution in [2.24, 2.45) is 11.8 Å². The fourth-order valence-corrected chi connectivity index (χ4v) is 1.55. The molecule has 0 spiro atoms. The Morgan fingerprint density at radius 2 is 2.00 bits per heavy atom. The second-order valence-electron chi connectivity index (χ2n) is 3.68. The Hall–Kier alpha value is -0.970. The lowest BCUT2D eigenvalue weighted by Crippen LogP contribution is -2.08. The summed E-state index contributed by atoms with van der Waals surface area (Å²) in [6, 6.07) is 0. The summed E-state index contributed by atoms with van der Waals surface area (Å²) in [7, 11) is 0. The summed E-state index contributed by atoms with van der Waals surface area (Å²) in [6.07, 6.45) is 6.12. The molecule has 0 aromatic carbocycles. The van der Waals surface area contributed by atoms with Crippen LogP contribution >= 0.6 is 0 Å². The molecular weight excluding hydrogens is 164 g/mol. The van der Waals surface area contributed by atoms with Crippen molar-refractivity contribution in [3.63, 3.8) is 0 Å². The molecule has 1 N–H and O–H groups in total. The Bertz CT molecular complexity index is 228. The van der Waals surface area contributed by atoms with Gasteiger partial charge in [-0.2, -0.15) is 0 Å². The molecule has 1 rings (SSSR count). The first-order valence-electron chi connectivity index (χ1n) is 4.94. The van der Waals surface area contributed by atoms with Gasteiger partial charge < -0.3 is 5.11 Å². The van der Waals surface area contributed by atoms with Crippen LogP contribution in [0.2, 0.25) is 0 Å². The number of carboxylic acid groups (broad SMARTS) is 1. The molecule has 13 heavy (non-hydrogen) atoms. The molecule has 72 valence electrons. The van der Waals surface area contributed by atoms with E-state index in [1.807, 2.05) is 0 Å². The van der Waals surface area contributed by atoms with Crippen LogP contribution in [0.25, 0.3) is 0 Å². The maximum Gasteiger partial charge on any atom is 0.318 e. The third-order valence-corrected chi connectivity index (χ3v) is 2.48. The predicted molar refractivity (Wildman–Crippen MR) is 51.2 cm³/mol. The predicted octanol–water partition coefficient (Wildman–Crippen LogP) is 2.29. The molecule has 0 saturated heterocycles. The third-order valence-electron chi connectivity index (χ3n) is 2.48. The van der Waals surface area contributed by atoms with Gasteiger partial charge in [0.25, 0.3) is 0 Å². The highest BCUT2D eigenvalue weighted by atomic mass is 16.4. The maximum absolute atomic E-state index is 10.5. The Kier molecular flexibility index (Phi) is 3.82. The molecule has 0 aromatic rings. The molecular formula is C11H16O2. The van der Waals surface area contributed by atoms with Crippen LogP contribution in [-0.2, 0) is 4.79 Å². The monoisotopic (exact) mass is 180 g/mol. The molecule has 2 heteroatoms. The highest BCUT2D eigenvalue weighted by Crippen LogP contribution is 2.22. The highest BCUT2D eigenvalue weighted by molar-refractivity contribution is 5.72. The van der Waals surface area contributed by atoms with E-state index in [-0.39, 0.29) is 0 Å². The summed E-state index contributed by atoms with van der Waals surface area (Å²) in [5, 5.41) is 8.61. The van der Waals surface area contributed by atoms with Crippen LogP contribution in [-0.4, -0.2) is 11.1 Å². The largest absolute Gasteiger partial charge is 0.480 e. The SMILES string of the molecule is CC(C#CC1CCCCC1)C(=O)O. The molecule has 0 amide bonds. The van der Waals surface area contributed by atoms with Gasteiger partial charge in [0.1, 0.15) is 5.92 Å². The lowest BCUT2D eigenvalue weighted by molar-refractivity contribution is -0.139. The van der Waals surface area contributed by atoms with Gasteiger partial charge in [-0.05, 0) is 19.8 Å². The lowest BCUT2D eigenvalue weighted by Gasteiger charge is -2.15. The van der Waals surface area contributed by atoms with E-state index in [1.165, 1.54) is 19.3 Å². The van der Waals surface area contributed by atoms with Crippen molar-refractivity contribution in [2.75, 3.05) is 0 Å². The summed E-state index contributed by atoms with van der Waals surface area (Å²) < 4.78 is 0. The molecule has 2 nitrogen and oxygen atoms in total. The van der Waals surface area contributed by atoms with E-state index in [0.29, 0.717) is 5.92 Å². The first-order chi connectivity index (χ1) is 6.20. The van der Waals surface area contributed by atoms with Crippen LogP contribution in [0.1, 0.15) is 39.0 Å². The molecule has 1 saturated carbocycles. The van der Waals surface area contributed by atoms with Gasteiger partial charge in [-0.15, -0.1) is 0 Å². The average Bonchev–Trinajstić information content (AvgIpc) is 2.15. The zero-order chi connectivity index (χ0) is 9.68. The molecule has 0 heterocycles. The van der Waals surface area contributed by atoms with Crippen molar-refractivity contribution in [3.05, 3.63) is 0 Å². The maximum atomic E-state index is 10.5. The van der Waals surface area contributed by atoms with E-state index in [4.69, 9.17) is 5.11 Å². The van der Waals surface area contributed by atoms with E-state index in [1.54, 1.807) is 6.92 Å². The molecule has 0 radical (unpaired) electrons. The summed E-state index contributed by atoms with van der Waals surface area (Å²) >= 11 is 0. The number of rotatable bonds is 1. The van der Waals surface area contributed by atoms with E-state index < -0.39 is 11.9 Å². The Morgan fingerprint density at radius 3 is 2.54 bits per heavy atom. The van der Waals surface area contributed by atoms with Crippen molar-refractivity contribution in [3.8, 4) is 11.8 Å². The summed E-state index contributed by atoms with van der Waals surface area (Å²) in [5.74, 6) is 5.00. The summed E-state index contributed by atoms with van der Waals surface area (Å²) in [5.41, 5.74) is 0. The normalized spacial score (nSPS) is 20.1. The Balaban J connectivity index is 2.40. The minimum Gasteiger partial charge on any atom is -0.480 e. The van der Waals surface area contributed by atoms with Crippen molar-refractivity contribution in [1.29, 1.82) is 0 Å². The fraction of sp³-hybridized carbons (Fsp3) is 0.727. The van der Waals surface area contributed by atoms with Crippen LogP contribution < -0.4 is 0 Å². The van der Waals surface area contributed by atoms with E-state index >= 15 is 0 Å². The number of carboxylic acids is 1. The van der Waals surface area contributed by atoms with Crippen molar-refractivity contribution < 1.29 is 9.90 Å². The molecule has 1 atom stereocenters. The van der Waals surface area contributed by atoms with Gasteiger partial charge >= 0.3 is 5.97 Å². The van der Waals surface area contributed by atoms with Crippen LogP contribution in [0.15, 0.2) is 0 Å². The van der Waals surface area contributed by atoms with Crippen LogP contribution in [0.5, 0.6) is 0 Å². The van der Waals surface area contributed by atoms with Crippen LogP contribution in [0.3, 0.4) is 0 Å². The number of hydrogen-bond donors (Lipinski definition) is 1. The standard InChI is InChI=1S/C11H16O2/c1-9(11(12)13)7-8-10-5-3-2-4-6-10/h9-10H,2-6H2,1H3,(H,12,13). The second-order valence-corrected chi connectivity index (χ2v) is 3.68. The second kappa shape index (κ2) is 4.91. The average molecular weight is 180 g/mol. The van der Waals surface area contributed by atoms with Gasteiger partial charge in [0.2, 0.25) is 0 Å². The molecule has 1 unspecified atom stereocenters. The van der Waals surface area contributed by atoms with E-state index in [0.717, 1.165) is 12.8 Å². The van der Waals surface area contributed by atoms with Gasteiger partial charge in [0, 0.05) is 5.92 Å². The van der Waals surface area contributed by atoms with Gasteiger partial charge in [-0.3, -0.25) is 4.79 Å². The van der Waals surface area contributed by atoms with Crippen LogP contribution in [0.4, 0.5) is 0 Å². The Morgan fingerprint density at radius 1 is 1.38 bits per heavy atom. The van der Waals surface area contributed by atoms with Crippen molar-refractivity contribution >= 4 is 5.97 Å². The zero-order valence-electron chi connectivity index (χ0n) is 8.05. The molecule has 0 bridgehead atoms. The zero-order valence-corrected chi connectivity index (χ0v) is 8.05. The number of aliphatic carboxylic acids is 1. The molecule has 1 aliphatic carbocycles. The fourth-order valence-electron chi connectivity index (χ4n) is 1.55. The number of carbonyl (C=O) groups is 1. The van der Waals surface area contributed by atoms with Gasteiger partial charge in [-0.25, -0.2) is 0 Å². The first-order valence-corrected chi connectivity index (χ1v) is 4.94. The van der Waals surface area contributed by atoms with Crippen molar-refractivity contribution in [1.82, 2.24) is 0 Å². The van der Waals surface area contributed by atoms with Gasteiger partial charge in [-0.1, -0.05) is 31.1 Å². The van der Waals surface area contributed by atoms with Gasteiger partial charge in [0.15, 0.2) is 0 Å². The quantitative estimate of drug-likeness (QED) is 0.628. The van der Waals surface area contributed by atoms with E-state index in [2.05, 4.69) is 11.8 Å². The van der Waals surface area contributed by atoms with Gasteiger partial charge in [0.05, 0.1) is 0 Å².